The number of fused-ring (bicyclic) bond motifs is 1. The number of anilines is 3. The van der Waals surface area contributed by atoms with Gasteiger partial charge in [0.25, 0.3) is 0 Å². The van der Waals surface area contributed by atoms with Gasteiger partial charge in [0.2, 0.25) is 5.95 Å². The minimum atomic E-state index is -1.04. The van der Waals surface area contributed by atoms with Crippen LogP contribution in [0.25, 0.3) is 5.65 Å². The van der Waals surface area contributed by atoms with Gasteiger partial charge in [-0.05, 0) is 18.2 Å². The van der Waals surface area contributed by atoms with Crippen LogP contribution < -0.4 is 15.5 Å². The lowest BCUT2D eigenvalue weighted by molar-refractivity contribution is 0.0698. The van der Waals surface area contributed by atoms with Crippen molar-refractivity contribution in [3.05, 3.63) is 48.2 Å². The number of hydrogen-bond donors (Lipinski definition) is 2. The molecule has 0 atom stereocenters. The summed E-state index contributed by atoms with van der Waals surface area (Å²) in [5.74, 6) is -0.976. The standard InChI is InChI=1S/C17H18N6O2/c18-17-19-15-14(16(24)25)10-13(11-23(15)20-17)22-8-6-21(7-9-22)12-4-2-1-3-5-12/h1-5,10-11H,6-9H2,(H2,18,20)(H,24,25). The Hall–Kier alpha value is -3.29. The van der Waals surface area contributed by atoms with E-state index in [4.69, 9.17) is 5.73 Å². The van der Waals surface area contributed by atoms with Gasteiger partial charge in [0.05, 0.1) is 11.9 Å². The van der Waals surface area contributed by atoms with Crippen molar-refractivity contribution < 1.29 is 9.90 Å². The third-order valence-corrected chi connectivity index (χ3v) is 4.43. The maximum Gasteiger partial charge on any atom is 0.339 e. The molecule has 4 rings (SSSR count). The lowest BCUT2D eigenvalue weighted by Gasteiger charge is -2.37. The first kappa shape index (κ1) is 15.3. The van der Waals surface area contributed by atoms with E-state index in [1.807, 2.05) is 18.2 Å². The number of para-hydroxylation sites is 1. The van der Waals surface area contributed by atoms with Crippen molar-refractivity contribution >= 4 is 28.9 Å². The number of nitrogen functional groups attached to an aromatic ring is 1. The average molecular weight is 338 g/mol. The maximum absolute atomic E-state index is 11.5. The minimum absolute atomic E-state index is 0.0635. The fourth-order valence-electron chi connectivity index (χ4n) is 3.18. The third kappa shape index (κ3) is 2.82. The summed E-state index contributed by atoms with van der Waals surface area (Å²) in [7, 11) is 0. The number of rotatable bonds is 3. The predicted octanol–water partition coefficient (Wildman–Crippen LogP) is 1.34. The minimum Gasteiger partial charge on any atom is -0.478 e. The number of benzene rings is 1. The zero-order valence-electron chi connectivity index (χ0n) is 13.5. The van der Waals surface area contributed by atoms with E-state index < -0.39 is 5.97 Å². The zero-order valence-corrected chi connectivity index (χ0v) is 13.5. The highest BCUT2D eigenvalue weighted by atomic mass is 16.4. The predicted molar refractivity (Wildman–Crippen MR) is 95.2 cm³/mol. The van der Waals surface area contributed by atoms with E-state index >= 15 is 0 Å². The van der Waals surface area contributed by atoms with E-state index in [9.17, 15) is 9.90 Å². The second-order valence-electron chi connectivity index (χ2n) is 5.96. The van der Waals surface area contributed by atoms with Crippen molar-refractivity contribution in [1.82, 2.24) is 14.6 Å². The molecule has 3 heterocycles. The quantitative estimate of drug-likeness (QED) is 0.743. The molecule has 1 saturated heterocycles. The van der Waals surface area contributed by atoms with Crippen molar-refractivity contribution in [2.24, 2.45) is 0 Å². The Labute approximate surface area is 144 Å². The third-order valence-electron chi connectivity index (χ3n) is 4.43. The molecule has 8 nitrogen and oxygen atoms in total. The largest absolute Gasteiger partial charge is 0.478 e. The fourth-order valence-corrected chi connectivity index (χ4v) is 3.18. The Morgan fingerprint density at radius 2 is 1.68 bits per heavy atom. The normalized spacial score (nSPS) is 14.9. The molecule has 0 amide bonds. The van der Waals surface area contributed by atoms with Crippen molar-refractivity contribution in [2.45, 2.75) is 0 Å². The summed E-state index contributed by atoms with van der Waals surface area (Å²) in [5.41, 5.74) is 7.99. The van der Waals surface area contributed by atoms with E-state index in [1.54, 1.807) is 12.3 Å². The van der Waals surface area contributed by atoms with Crippen molar-refractivity contribution in [1.29, 1.82) is 0 Å². The number of nitrogens with two attached hydrogens (primary N) is 1. The topological polar surface area (TPSA) is 100.0 Å². The smallest absolute Gasteiger partial charge is 0.339 e. The Morgan fingerprint density at radius 3 is 2.32 bits per heavy atom. The highest BCUT2D eigenvalue weighted by Crippen LogP contribution is 2.23. The summed E-state index contributed by atoms with van der Waals surface area (Å²) in [6.07, 6.45) is 1.78. The number of pyridine rings is 1. The van der Waals surface area contributed by atoms with Crippen LogP contribution in [0.2, 0.25) is 0 Å². The van der Waals surface area contributed by atoms with E-state index in [0.29, 0.717) is 0 Å². The van der Waals surface area contributed by atoms with Crippen LogP contribution in [-0.2, 0) is 0 Å². The summed E-state index contributed by atoms with van der Waals surface area (Å²) in [6, 6.07) is 11.9. The number of nitrogens with zero attached hydrogens (tertiary/aromatic N) is 5. The molecule has 1 aliphatic heterocycles. The highest BCUT2D eigenvalue weighted by molar-refractivity contribution is 5.95. The number of carboxylic acid groups (broad SMARTS) is 1. The highest BCUT2D eigenvalue weighted by Gasteiger charge is 2.21. The Balaban J connectivity index is 1.60. The molecular weight excluding hydrogens is 320 g/mol. The van der Waals surface area contributed by atoms with E-state index in [-0.39, 0.29) is 17.2 Å². The van der Waals surface area contributed by atoms with Gasteiger partial charge in [-0.25, -0.2) is 9.31 Å². The van der Waals surface area contributed by atoms with Gasteiger partial charge in [-0.1, -0.05) is 18.2 Å². The van der Waals surface area contributed by atoms with Crippen LogP contribution in [0.3, 0.4) is 0 Å². The zero-order chi connectivity index (χ0) is 17.4. The summed E-state index contributed by atoms with van der Waals surface area (Å²) in [5, 5.41) is 13.5. The molecule has 3 aromatic rings. The molecule has 2 aromatic heterocycles. The van der Waals surface area contributed by atoms with Gasteiger partial charge < -0.3 is 20.6 Å². The molecule has 0 unspecified atom stereocenters. The maximum atomic E-state index is 11.5. The van der Waals surface area contributed by atoms with Crippen molar-refractivity contribution in [2.75, 3.05) is 41.7 Å². The van der Waals surface area contributed by atoms with Crippen LogP contribution in [0.5, 0.6) is 0 Å². The van der Waals surface area contributed by atoms with Crippen LogP contribution in [0, 0.1) is 0 Å². The lowest BCUT2D eigenvalue weighted by Crippen LogP contribution is -2.46. The van der Waals surface area contributed by atoms with Gasteiger partial charge in [0.15, 0.2) is 5.65 Å². The van der Waals surface area contributed by atoms with Gasteiger partial charge in [-0.3, -0.25) is 0 Å². The van der Waals surface area contributed by atoms with Crippen LogP contribution in [0.1, 0.15) is 10.4 Å². The molecule has 128 valence electrons. The van der Waals surface area contributed by atoms with E-state index in [1.165, 1.54) is 10.2 Å². The van der Waals surface area contributed by atoms with Gasteiger partial charge in [-0.2, -0.15) is 4.98 Å². The Kier molecular flexibility index (Phi) is 3.64. The van der Waals surface area contributed by atoms with Gasteiger partial charge in [0.1, 0.15) is 5.56 Å². The molecule has 1 fully saturated rings. The molecule has 0 radical (unpaired) electrons. The van der Waals surface area contributed by atoms with Gasteiger partial charge >= 0.3 is 5.97 Å². The molecule has 25 heavy (non-hydrogen) atoms. The number of carboxylic acids is 1. The monoisotopic (exact) mass is 338 g/mol. The lowest BCUT2D eigenvalue weighted by atomic mass is 10.2. The molecule has 0 aliphatic carbocycles. The molecular formula is C17H18N6O2. The van der Waals surface area contributed by atoms with Crippen LogP contribution in [0.15, 0.2) is 42.6 Å². The van der Waals surface area contributed by atoms with E-state index in [0.717, 1.165) is 31.9 Å². The number of hydrogen-bond acceptors (Lipinski definition) is 6. The summed E-state index contributed by atoms with van der Waals surface area (Å²) >= 11 is 0. The Bertz CT molecular complexity index is 916. The van der Waals surface area contributed by atoms with Gasteiger partial charge in [-0.15, -0.1) is 5.10 Å². The molecule has 8 heteroatoms. The van der Waals surface area contributed by atoms with Crippen LogP contribution >= 0.6 is 0 Å². The molecule has 0 bridgehead atoms. The van der Waals surface area contributed by atoms with Crippen molar-refractivity contribution in [3.8, 4) is 0 Å². The second kappa shape index (κ2) is 5.97. The van der Waals surface area contributed by atoms with Crippen molar-refractivity contribution in [3.63, 3.8) is 0 Å². The molecule has 0 saturated carbocycles. The van der Waals surface area contributed by atoms with Gasteiger partial charge in [0, 0.05) is 31.9 Å². The fraction of sp³-hybridized carbons (Fsp3) is 0.235. The first-order chi connectivity index (χ1) is 12.1. The van der Waals surface area contributed by atoms with Crippen LogP contribution in [-0.4, -0.2) is 51.9 Å². The summed E-state index contributed by atoms with van der Waals surface area (Å²) in [6.45, 7) is 3.32. The number of aromatic nitrogens is 3. The molecule has 0 spiro atoms. The summed E-state index contributed by atoms with van der Waals surface area (Å²) < 4.78 is 1.44. The first-order valence-corrected chi connectivity index (χ1v) is 8.06. The second-order valence-corrected chi connectivity index (χ2v) is 5.96. The average Bonchev–Trinajstić information content (AvgIpc) is 3.01. The molecule has 3 N–H and O–H groups in total. The molecule has 1 aromatic carbocycles. The van der Waals surface area contributed by atoms with Crippen LogP contribution in [0.4, 0.5) is 17.3 Å². The Morgan fingerprint density at radius 1 is 1.04 bits per heavy atom. The van der Waals surface area contributed by atoms with E-state index in [2.05, 4.69) is 32.0 Å². The number of piperazine rings is 1. The number of carbonyl (C=O) groups is 1. The molecule has 1 aliphatic rings. The summed E-state index contributed by atoms with van der Waals surface area (Å²) in [4.78, 5) is 20.0. The first-order valence-electron chi connectivity index (χ1n) is 8.06. The number of aromatic carboxylic acids is 1. The SMILES string of the molecule is Nc1nc2c(C(=O)O)cc(N3CCN(c4ccccc4)CC3)cn2n1.